The molecule has 4 nitrogen and oxygen atoms in total. The van der Waals surface area contributed by atoms with E-state index in [9.17, 15) is 9.90 Å². The van der Waals surface area contributed by atoms with E-state index in [-0.39, 0.29) is 23.0 Å². The Hall–Kier alpha value is -1.55. The molecule has 0 heterocycles. The first kappa shape index (κ1) is 14.5. The summed E-state index contributed by atoms with van der Waals surface area (Å²) in [5, 5.41) is 9.77. The molecule has 0 aliphatic rings. The third kappa shape index (κ3) is 4.37. The Morgan fingerprint density at radius 3 is 2.61 bits per heavy atom. The fourth-order valence-corrected chi connectivity index (χ4v) is 1.35. The number of rotatable bonds is 5. The molecule has 1 unspecified atom stereocenters. The van der Waals surface area contributed by atoms with Crippen LogP contribution in [0.25, 0.3) is 0 Å². The predicted molar refractivity (Wildman–Crippen MR) is 69.3 cm³/mol. The minimum absolute atomic E-state index is 0.130. The summed E-state index contributed by atoms with van der Waals surface area (Å²) >= 11 is 0. The quantitative estimate of drug-likeness (QED) is 0.819. The van der Waals surface area contributed by atoms with Gasteiger partial charge in [0.2, 0.25) is 0 Å². The van der Waals surface area contributed by atoms with Crippen molar-refractivity contribution in [3.63, 3.8) is 0 Å². The Kier molecular flexibility index (Phi) is 4.73. The average Bonchev–Trinajstić information content (AvgIpc) is 2.28. The van der Waals surface area contributed by atoms with Crippen LogP contribution in [-0.2, 0) is 4.74 Å². The van der Waals surface area contributed by atoms with E-state index in [1.807, 2.05) is 27.7 Å². The van der Waals surface area contributed by atoms with Crippen LogP contribution in [-0.4, -0.2) is 29.7 Å². The molecule has 0 fully saturated rings. The third-order valence-corrected chi connectivity index (χ3v) is 2.24. The normalized spacial score (nSPS) is 13.1. The smallest absolute Gasteiger partial charge is 0.168 e. The van der Waals surface area contributed by atoms with Crippen molar-refractivity contribution >= 4 is 6.29 Å². The van der Waals surface area contributed by atoms with Gasteiger partial charge in [0.05, 0.1) is 17.8 Å². The van der Waals surface area contributed by atoms with Crippen LogP contribution in [0.4, 0.5) is 0 Å². The van der Waals surface area contributed by atoms with Crippen LogP contribution in [0, 0.1) is 0 Å². The molecule has 0 aromatic heterocycles. The van der Waals surface area contributed by atoms with E-state index in [1.54, 1.807) is 12.1 Å². The van der Waals surface area contributed by atoms with Crippen LogP contribution in [0.1, 0.15) is 38.1 Å². The molecule has 18 heavy (non-hydrogen) atoms. The number of ether oxygens (including phenoxy) is 2. The first-order chi connectivity index (χ1) is 8.33. The molecule has 100 valence electrons. The van der Waals surface area contributed by atoms with E-state index in [1.165, 1.54) is 6.07 Å². The molecule has 4 heteroatoms. The number of aromatic hydroxyl groups is 1. The van der Waals surface area contributed by atoms with Crippen LogP contribution >= 0.6 is 0 Å². The molecule has 0 saturated heterocycles. The highest BCUT2D eigenvalue weighted by molar-refractivity contribution is 5.80. The SMILES string of the molecule is CC(COC(C)(C)C)Oc1cccc(C=O)c1O. The average molecular weight is 252 g/mol. The molecule has 0 amide bonds. The summed E-state index contributed by atoms with van der Waals surface area (Å²) in [6.45, 7) is 8.14. The van der Waals surface area contributed by atoms with Crippen LogP contribution in [0.5, 0.6) is 11.5 Å². The molecule has 1 N–H and O–H groups in total. The Morgan fingerprint density at radius 1 is 1.39 bits per heavy atom. The molecular formula is C14H20O4. The first-order valence-electron chi connectivity index (χ1n) is 5.91. The van der Waals surface area contributed by atoms with Gasteiger partial charge < -0.3 is 14.6 Å². The lowest BCUT2D eigenvalue weighted by Crippen LogP contribution is -2.27. The zero-order chi connectivity index (χ0) is 13.8. The maximum Gasteiger partial charge on any atom is 0.168 e. The van der Waals surface area contributed by atoms with Gasteiger partial charge in [0.15, 0.2) is 17.8 Å². The van der Waals surface area contributed by atoms with Crippen molar-refractivity contribution in [3.05, 3.63) is 23.8 Å². The van der Waals surface area contributed by atoms with Gasteiger partial charge in [-0.3, -0.25) is 4.79 Å². The van der Waals surface area contributed by atoms with Crippen molar-refractivity contribution in [1.29, 1.82) is 0 Å². The van der Waals surface area contributed by atoms with Gasteiger partial charge in [-0.25, -0.2) is 0 Å². The summed E-state index contributed by atoms with van der Waals surface area (Å²) in [6, 6.07) is 4.82. The summed E-state index contributed by atoms with van der Waals surface area (Å²) in [7, 11) is 0. The molecule has 0 aliphatic carbocycles. The number of phenols is 1. The molecule has 1 aromatic rings. The summed E-state index contributed by atoms with van der Waals surface area (Å²) in [4.78, 5) is 10.7. The lowest BCUT2D eigenvalue weighted by atomic mass is 10.2. The Bertz CT molecular complexity index is 407. The zero-order valence-electron chi connectivity index (χ0n) is 11.3. The highest BCUT2D eigenvalue weighted by Gasteiger charge is 2.15. The number of hydrogen-bond donors (Lipinski definition) is 1. The van der Waals surface area contributed by atoms with Crippen molar-refractivity contribution in [2.24, 2.45) is 0 Å². The van der Waals surface area contributed by atoms with Crippen molar-refractivity contribution in [1.82, 2.24) is 0 Å². The predicted octanol–water partition coefficient (Wildman–Crippen LogP) is 2.79. The van der Waals surface area contributed by atoms with Crippen LogP contribution in [0.2, 0.25) is 0 Å². The molecule has 0 radical (unpaired) electrons. The van der Waals surface area contributed by atoms with Gasteiger partial charge in [-0.1, -0.05) is 6.07 Å². The van der Waals surface area contributed by atoms with Crippen LogP contribution in [0.3, 0.4) is 0 Å². The minimum atomic E-state index is -0.232. The van der Waals surface area contributed by atoms with Crippen molar-refractivity contribution < 1.29 is 19.4 Å². The van der Waals surface area contributed by atoms with Gasteiger partial charge >= 0.3 is 0 Å². The third-order valence-electron chi connectivity index (χ3n) is 2.24. The molecule has 1 rings (SSSR count). The Morgan fingerprint density at radius 2 is 2.06 bits per heavy atom. The molecule has 0 bridgehead atoms. The van der Waals surface area contributed by atoms with Gasteiger partial charge in [0.1, 0.15) is 6.10 Å². The Balaban J connectivity index is 2.65. The first-order valence-corrected chi connectivity index (χ1v) is 5.91. The lowest BCUT2D eigenvalue weighted by molar-refractivity contribution is -0.0377. The van der Waals surface area contributed by atoms with E-state index in [4.69, 9.17) is 9.47 Å². The minimum Gasteiger partial charge on any atom is -0.504 e. The standard InChI is InChI=1S/C14H20O4/c1-10(9-17-14(2,3)4)18-12-7-5-6-11(8-15)13(12)16/h5-8,10,16H,9H2,1-4H3. The van der Waals surface area contributed by atoms with Gasteiger partial charge in [0, 0.05) is 0 Å². The number of phenolic OH excluding ortho intramolecular Hbond substituents is 1. The summed E-state index contributed by atoms with van der Waals surface area (Å²) in [5.74, 6) is 0.166. The number of benzene rings is 1. The fraction of sp³-hybridized carbons (Fsp3) is 0.500. The van der Waals surface area contributed by atoms with Gasteiger partial charge in [-0.2, -0.15) is 0 Å². The molecule has 0 saturated carbocycles. The molecular weight excluding hydrogens is 232 g/mol. The number of aldehydes is 1. The van der Waals surface area contributed by atoms with E-state index >= 15 is 0 Å². The fourth-order valence-electron chi connectivity index (χ4n) is 1.35. The van der Waals surface area contributed by atoms with Crippen molar-refractivity contribution in [3.8, 4) is 11.5 Å². The van der Waals surface area contributed by atoms with Gasteiger partial charge in [0.25, 0.3) is 0 Å². The number of carbonyl (C=O) groups excluding carboxylic acids is 1. The maximum absolute atomic E-state index is 10.7. The second kappa shape index (κ2) is 5.87. The zero-order valence-corrected chi connectivity index (χ0v) is 11.3. The number of carbonyl (C=O) groups is 1. The monoisotopic (exact) mass is 252 g/mol. The molecule has 0 spiro atoms. The summed E-state index contributed by atoms with van der Waals surface area (Å²) in [5.41, 5.74) is -0.0129. The largest absolute Gasteiger partial charge is 0.504 e. The summed E-state index contributed by atoms with van der Waals surface area (Å²) < 4.78 is 11.1. The van der Waals surface area contributed by atoms with Gasteiger partial charge in [-0.15, -0.1) is 0 Å². The second-order valence-corrected chi connectivity index (χ2v) is 5.16. The lowest BCUT2D eigenvalue weighted by Gasteiger charge is -2.23. The maximum atomic E-state index is 10.7. The van der Waals surface area contributed by atoms with Crippen molar-refractivity contribution in [2.75, 3.05) is 6.61 Å². The molecule has 1 atom stereocenters. The number of hydrogen-bond acceptors (Lipinski definition) is 4. The van der Waals surface area contributed by atoms with E-state index < -0.39 is 0 Å². The van der Waals surface area contributed by atoms with E-state index in [0.717, 1.165) is 0 Å². The topological polar surface area (TPSA) is 55.8 Å². The molecule has 0 aliphatic heterocycles. The van der Waals surface area contributed by atoms with E-state index in [2.05, 4.69) is 0 Å². The van der Waals surface area contributed by atoms with Crippen LogP contribution in [0.15, 0.2) is 18.2 Å². The molecule has 1 aromatic carbocycles. The Labute approximate surface area is 108 Å². The van der Waals surface area contributed by atoms with Crippen LogP contribution < -0.4 is 4.74 Å². The van der Waals surface area contributed by atoms with Crippen molar-refractivity contribution in [2.45, 2.75) is 39.4 Å². The second-order valence-electron chi connectivity index (χ2n) is 5.16. The highest BCUT2D eigenvalue weighted by Crippen LogP contribution is 2.29. The highest BCUT2D eigenvalue weighted by atomic mass is 16.5. The van der Waals surface area contributed by atoms with E-state index in [0.29, 0.717) is 18.6 Å². The summed E-state index contributed by atoms with van der Waals surface area (Å²) in [6.07, 6.45) is 0.385. The number of para-hydroxylation sites is 1. The van der Waals surface area contributed by atoms with Gasteiger partial charge in [-0.05, 0) is 39.8 Å².